The maximum absolute atomic E-state index is 12.2. The maximum atomic E-state index is 12.2. The van der Waals surface area contributed by atoms with Crippen LogP contribution in [0.1, 0.15) is 26.7 Å². The third-order valence-corrected chi connectivity index (χ3v) is 1.88. The Morgan fingerprint density at radius 2 is 2.30 bits per heavy atom. The van der Waals surface area contributed by atoms with Gasteiger partial charge in [0.15, 0.2) is 0 Å². The average Bonchev–Trinajstić information content (AvgIpc) is 1.59. The van der Waals surface area contributed by atoms with Gasteiger partial charge in [-0.2, -0.15) is 4.20 Å². The van der Waals surface area contributed by atoms with Crippen LogP contribution >= 0.6 is 6.80 Å². The summed E-state index contributed by atoms with van der Waals surface area (Å²) in [7, 11) is 0. The van der Waals surface area contributed by atoms with Crippen molar-refractivity contribution < 1.29 is 13.6 Å². The topological polar surface area (TPSA) is 29.5 Å². The van der Waals surface area contributed by atoms with E-state index in [1.165, 1.54) is 0 Å². The van der Waals surface area contributed by atoms with E-state index in [9.17, 15) is 4.20 Å². The van der Waals surface area contributed by atoms with Crippen molar-refractivity contribution in [2.24, 2.45) is 0 Å². The molecule has 0 aromatic carbocycles. The molecule has 0 saturated heterocycles. The fraction of sp³-hybridized carbons (Fsp3) is 1.00. The first-order chi connectivity index (χ1) is 4.45. The van der Waals surface area contributed by atoms with Gasteiger partial charge >= 0.3 is 6.80 Å². The molecule has 0 radical (unpaired) electrons. The van der Waals surface area contributed by atoms with Gasteiger partial charge in [-0.3, -0.25) is 0 Å². The van der Waals surface area contributed by atoms with Crippen LogP contribution in [0.5, 0.6) is 0 Å². The summed E-state index contributed by atoms with van der Waals surface area (Å²) < 4.78 is 16.7. The molecule has 0 aromatic heterocycles. The Hall–Kier alpha value is 0.500. The number of hydrogen-bond donors (Lipinski definition) is 1. The molecule has 0 fully saturated rings. The Bertz CT molecular complexity index is 136. The smallest absolute Gasteiger partial charge is 0.321 e. The summed E-state index contributed by atoms with van der Waals surface area (Å²) in [6.07, 6.45) is 1.35. The Morgan fingerprint density at radius 3 is 2.60 bits per heavy atom. The molecule has 0 spiro atoms. The molecule has 2 unspecified atom stereocenters. The van der Waals surface area contributed by atoms with Gasteiger partial charge in [0.25, 0.3) is 0 Å². The molecule has 1 N–H and O–H groups in total. The third-order valence-electron chi connectivity index (χ3n) is 1.01. The zero-order valence-corrected chi connectivity index (χ0v) is 7.79. The van der Waals surface area contributed by atoms with Crippen LogP contribution in [0, 0.1) is 0 Å². The molecule has 2 atom stereocenters. The Labute approximate surface area is 65.7 Å². The summed E-state index contributed by atoms with van der Waals surface area (Å²) in [6.45, 7) is -0.266. The van der Waals surface area contributed by atoms with Crippen molar-refractivity contribution in [1.82, 2.24) is 0 Å². The van der Waals surface area contributed by atoms with Crippen molar-refractivity contribution in [1.29, 1.82) is 0 Å². The minimum Gasteiger partial charge on any atom is -0.321 e. The van der Waals surface area contributed by atoms with Crippen molar-refractivity contribution in [2.75, 3.05) is 0 Å². The molecule has 10 heavy (non-hydrogen) atoms. The first kappa shape index (κ1) is 10.5. The van der Waals surface area contributed by atoms with Crippen molar-refractivity contribution in [3.63, 3.8) is 0 Å². The van der Waals surface area contributed by atoms with Crippen LogP contribution in [-0.2, 0) is 16.3 Å². The first-order valence-corrected chi connectivity index (χ1v) is 5.73. The highest BCUT2D eigenvalue weighted by molar-refractivity contribution is 8.06. The fourth-order valence-corrected chi connectivity index (χ4v) is 1.67. The Kier molecular flexibility index (Phi) is 4.61. The van der Waals surface area contributed by atoms with Crippen molar-refractivity contribution in [3.8, 4) is 0 Å². The highest BCUT2D eigenvalue weighted by Crippen LogP contribution is 2.45. The molecule has 0 aliphatic carbocycles. The molecule has 2 nitrogen and oxygen atoms in total. The van der Waals surface area contributed by atoms with E-state index < -0.39 is 6.80 Å². The van der Waals surface area contributed by atoms with E-state index >= 15 is 0 Å². The summed E-state index contributed by atoms with van der Waals surface area (Å²) in [4.78, 5) is 8.45. The summed E-state index contributed by atoms with van der Waals surface area (Å²) in [5.74, 6) is 0. The fourth-order valence-electron chi connectivity index (χ4n) is 0.681. The van der Waals surface area contributed by atoms with Crippen LogP contribution in [0.3, 0.4) is 0 Å². The highest BCUT2D eigenvalue weighted by Gasteiger charge is 2.14. The van der Waals surface area contributed by atoms with Gasteiger partial charge in [0.2, 0.25) is 0 Å². The predicted molar refractivity (Wildman–Crippen MR) is 43.1 cm³/mol. The quantitative estimate of drug-likeness (QED) is 0.683. The van der Waals surface area contributed by atoms with Crippen LogP contribution in [0.15, 0.2) is 0 Å². The van der Waals surface area contributed by atoms with E-state index in [1.807, 2.05) is 6.92 Å². The van der Waals surface area contributed by atoms with Crippen LogP contribution in [0.2, 0.25) is 0 Å². The van der Waals surface area contributed by atoms with E-state index in [2.05, 4.69) is 16.3 Å². The molecular weight excluding hydrogens is 174 g/mol. The molecule has 0 aliphatic heterocycles. The van der Waals surface area contributed by atoms with E-state index in [0.717, 1.165) is 12.8 Å². The Morgan fingerprint density at radius 1 is 1.80 bits per heavy atom. The lowest BCUT2D eigenvalue weighted by Crippen LogP contribution is -2.03. The maximum Gasteiger partial charge on any atom is 0.363 e. The van der Waals surface area contributed by atoms with E-state index in [1.54, 1.807) is 6.92 Å². The van der Waals surface area contributed by atoms with Gasteiger partial charge in [-0.25, -0.2) is 0 Å². The molecule has 0 bridgehead atoms. The third kappa shape index (κ3) is 6.62. The van der Waals surface area contributed by atoms with Crippen molar-refractivity contribution in [2.45, 2.75) is 32.8 Å². The standard InChI is InChI=1S/C5H12FO2PS/c1-3-4-5(2)8-9(6,7)10/h5H,3-4H2,1-2H3,(H,7,10). The largest absolute Gasteiger partial charge is 0.363 e. The summed E-state index contributed by atoms with van der Waals surface area (Å²) in [5, 5.41) is 0. The van der Waals surface area contributed by atoms with Gasteiger partial charge in [0.1, 0.15) is 0 Å². The Balaban J connectivity index is 3.58. The molecular formula is C5H12FO2PS. The second-order valence-electron chi connectivity index (χ2n) is 2.16. The van der Waals surface area contributed by atoms with Crippen molar-refractivity contribution >= 4 is 18.6 Å². The minimum absolute atomic E-state index is 0.272. The zero-order valence-electron chi connectivity index (χ0n) is 6.08. The van der Waals surface area contributed by atoms with Gasteiger partial charge < -0.3 is 9.42 Å². The normalized spacial score (nSPS) is 20.0. The average molecular weight is 186 g/mol. The molecule has 0 aromatic rings. The monoisotopic (exact) mass is 186 g/mol. The summed E-state index contributed by atoms with van der Waals surface area (Å²) in [6, 6.07) is 0. The van der Waals surface area contributed by atoms with E-state index in [4.69, 9.17) is 4.89 Å². The van der Waals surface area contributed by atoms with Crippen LogP contribution in [-0.4, -0.2) is 11.0 Å². The predicted octanol–water partition coefficient (Wildman–Crippen LogP) is 2.38. The second kappa shape index (κ2) is 4.39. The van der Waals surface area contributed by atoms with Crippen LogP contribution in [0.4, 0.5) is 4.20 Å². The van der Waals surface area contributed by atoms with E-state index in [0.29, 0.717) is 0 Å². The molecule has 0 rings (SSSR count). The second-order valence-corrected chi connectivity index (χ2v) is 4.62. The van der Waals surface area contributed by atoms with Gasteiger partial charge in [0, 0.05) is 0 Å². The lowest BCUT2D eigenvalue weighted by molar-refractivity contribution is 0.191. The number of rotatable bonds is 4. The van der Waals surface area contributed by atoms with E-state index in [-0.39, 0.29) is 6.10 Å². The van der Waals surface area contributed by atoms with Crippen LogP contribution in [0.25, 0.3) is 0 Å². The summed E-state index contributed by atoms with van der Waals surface area (Å²) >= 11 is 4.05. The van der Waals surface area contributed by atoms with Gasteiger partial charge in [-0.15, -0.1) is 0 Å². The summed E-state index contributed by atoms with van der Waals surface area (Å²) in [5.41, 5.74) is 0. The van der Waals surface area contributed by atoms with Crippen LogP contribution < -0.4 is 0 Å². The lowest BCUT2D eigenvalue weighted by Gasteiger charge is -2.12. The first-order valence-electron chi connectivity index (χ1n) is 3.16. The number of halogens is 1. The van der Waals surface area contributed by atoms with Crippen molar-refractivity contribution in [3.05, 3.63) is 0 Å². The SMILES string of the molecule is CCCC(C)OP(O)(F)=S. The zero-order chi connectivity index (χ0) is 8.20. The minimum atomic E-state index is -3.92. The van der Waals surface area contributed by atoms with Gasteiger partial charge in [-0.05, 0) is 25.2 Å². The van der Waals surface area contributed by atoms with Gasteiger partial charge in [0.05, 0.1) is 6.10 Å². The molecule has 0 amide bonds. The molecule has 5 heteroatoms. The molecule has 0 aliphatic rings. The van der Waals surface area contributed by atoms with Gasteiger partial charge in [-0.1, -0.05) is 13.3 Å². The molecule has 62 valence electrons. The molecule has 0 heterocycles. The number of hydrogen-bond acceptors (Lipinski definition) is 2. The lowest BCUT2D eigenvalue weighted by atomic mass is 10.2. The molecule has 0 saturated carbocycles. The highest BCUT2D eigenvalue weighted by atomic mass is 32.5.